The topological polar surface area (TPSA) is 68.7 Å². The fraction of sp³-hybridized carbons (Fsp3) is 0.269. The van der Waals surface area contributed by atoms with Gasteiger partial charge in [0.05, 0.1) is 11.6 Å². The van der Waals surface area contributed by atoms with Gasteiger partial charge in [-0.2, -0.15) is 0 Å². The monoisotopic (exact) mass is 448 g/mol. The molecular formula is C26H25FN2O4. The summed E-state index contributed by atoms with van der Waals surface area (Å²) in [4.78, 5) is 30.9. The van der Waals surface area contributed by atoms with E-state index in [2.05, 4.69) is 4.98 Å². The van der Waals surface area contributed by atoms with Gasteiger partial charge in [-0.3, -0.25) is 14.6 Å². The van der Waals surface area contributed by atoms with E-state index >= 15 is 0 Å². The van der Waals surface area contributed by atoms with Crippen LogP contribution in [0, 0.1) is 11.7 Å². The lowest BCUT2D eigenvalue weighted by Gasteiger charge is -2.31. The van der Waals surface area contributed by atoms with Crippen LogP contribution in [0.25, 0.3) is 0 Å². The second-order valence-corrected chi connectivity index (χ2v) is 7.93. The second-order valence-electron chi connectivity index (χ2n) is 7.93. The first-order valence-corrected chi connectivity index (χ1v) is 10.9. The lowest BCUT2D eigenvalue weighted by atomic mass is 9.96. The maximum absolute atomic E-state index is 13.1. The van der Waals surface area contributed by atoms with Gasteiger partial charge in [-0.1, -0.05) is 18.2 Å². The highest BCUT2D eigenvalue weighted by Gasteiger charge is 2.28. The maximum atomic E-state index is 13.1. The van der Waals surface area contributed by atoms with Crippen LogP contribution in [-0.2, 0) is 22.7 Å². The zero-order valence-electron chi connectivity index (χ0n) is 18.2. The number of aromatic nitrogens is 1. The Labute approximate surface area is 192 Å². The molecule has 0 aliphatic carbocycles. The molecule has 0 bridgehead atoms. The minimum absolute atomic E-state index is 0.146. The molecule has 0 saturated carbocycles. The van der Waals surface area contributed by atoms with Crippen LogP contribution in [0.3, 0.4) is 0 Å². The van der Waals surface area contributed by atoms with Crippen LogP contribution in [0.4, 0.5) is 4.39 Å². The average molecular weight is 448 g/mol. The number of likely N-dealkylation sites (tertiary alicyclic amines) is 1. The number of benzene rings is 2. The quantitative estimate of drug-likeness (QED) is 0.502. The zero-order valence-corrected chi connectivity index (χ0v) is 18.2. The third kappa shape index (κ3) is 6.16. The van der Waals surface area contributed by atoms with Crippen molar-refractivity contribution in [2.24, 2.45) is 5.92 Å². The number of pyridine rings is 1. The third-order valence-electron chi connectivity index (χ3n) is 5.62. The first-order valence-electron chi connectivity index (χ1n) is 10.9. The zero-order chi connectivity index (χ0) is 23.0. The van der Waals surface area contributed by atoms with Gasteiger partial charge in [0.15, 0.2) is 0 Å². The van der Waals surface area contributed by atoms with Gasteiger partial charge in [0, 0.05) is 24.8 Å². The van der Waals surface area contributed by atoms with Crippen LogP contribution in [0.1, 0.15) is 34.5 Å². The van der Waals surface area contributed by atoms with Crippen molar-refractivity contribution in [1.82, 2.24) is 9.88 Å². The number of halogens is 1. The van der Waals surface area contributed by atoms with Gasteiger partial charge < -0.3 is 14.4 Å². The molecule has 0 unspecified atom stereocenters. The van der Waals surface area contributed by atoms with E-state index in [4.69, 9.17) is 9.47 Å². The molecule has 1 amide bonds. The predicted octanol–water partition coefficient (Wildman–Crippen LogP) is 4.40. The van der Waals surface area contributed by atoms with Crippen molar-refractivity contribution >= 4 is 11.9 Å². The molecule has 0 radical (unpaired) electrons. The maximum Gasteiger partial charge on any atom is 0.309 e. The molecule has 0 N–H and O–H groups in total. The minimum atomic E-state index is -0.375. The van der Waals surface area contributed by atoms with Crippen LogP contribution in [-0.4, -0.2) is 34.8 Å². The van der Waals surface area contributed by atoms with Crippen molar-refractivity contribution < 1.29 is 23.5 Å². The standard InChI is InChI=1S/C26H25FN2O4/c27-22-8-6-20(7-9-22)25(30)29-15-12-21(13-16-29)26(31)33-17-19-4-10-24(11-5-19)32-18-23-3-1-2-14-28-23/h1-11,14,21H,12-13,15-18H2. The fourth-order valence-corrected chi connectivity index (χ4v) is 3.69. The van der Waals surface area contributed by atoms with Crippen LogP contribution in [0.2, 0.25) is 0 Å². The molecule has 1 aliphatic heterocycles. The molecule has 4 rings (SSSR count). The summed E-state index contributed by atoms with van der Waals surface area (Å²) in [7, 11) is 0. The number of esters is 1. The van der Waals surface area contributed by atoms with Gasteiger partial charge in [-0.05, 0) is 66.9 Å². The summed E-state index contributed by atoms with van der Waals surface area (Å²) in [5.41, 5.74) is 2.17. The SMILES string of the molecule is O=C(OCc1ccc(OCc2ccccn2)cc1)C1CCN(C(=O)c2ccc(F)cc2)CC1. The third-order valence-corrected chi connectivity index (χ3v) is 5.62. The van der Waals surface area contributed by atoms with E-state index in [1.54, 1.807) is 11.1 Å². The Hall–Kier alpha value is -3.74. The van der Waals surface area contributed by atoms with Gasteiger partial charge in [0.25, 0.3) is 5.91 Å². The van der Waals surface area contributed by atoms with Crippen LogP contribution in [0.5, 0.6) is 5.75 Å². The lowest BCUT2D eigenvalue weighted by Crippen LogP contribution is -2.40. The molecule has 33 heavy (non-hydrogen) atoms. The Morgan fingerprint density at radius 2 is 1.67 bits per heavy atom. The first-order chi connectivity index (χ1) is 16.1. The number of hydrogen-bond acceptors (Lipinski definition) is 5. The summed E-state index contributed by atoms with van der Waals surface area (Å²) in [6.45, 7) is 1.52. The molecule has 0 spiro atoms. The summed E-state index contributed by atoms with van der Waals surface area (Å²) < 4.78 is 24.3. The molecule has 1 aromatic heterocycles. The van der Waals surface area contributed by atoms with Crippen LogP contribution < -0.4 is 4.74 Å². The molecule has 170 valence electrons. The molecule has 3 aromatic rings. The van der Waals surface area contributed by atoms with Crippen molar-refractivity contribution in [2.45, 2.75) is 26.1 Å². The number of amides is 1. The number of nitrogens with zero attached hydrogens (tertiary/aromatic N) is 2. The van der Waals surface area contributed by atoms with Gasteiger partial charge >= 0.3 is 5.97 Å². The van der Waals surface area contributed by atoms with E-state index in [1.165, 1.54) is 24.3 Å². The number of carbonyl (C=O) groups is 2. The Kier molecular flexibility index (Phi) is 7.29. The van der Waals surface area contributed by atoms with Crippen LogP contribution in [0.15, 0.2) is 72.9 Å². The number of ether oxygens (including phenoxy) is 2. The van der Waals surface area contributed by atoms with Gasteiger partial charge in [0.2, 0.25) is 0 Å². The highest BCUT2D eigenvalue weighted by atomic mass is 19.1. The van der Waals surface area contributed by atoms with Crippen molar-refractivity contribution in [3.63, 3.8) is 0 Å². The molecule has 1 saturated heterocycles. The van der Waals surface area contributed by atoms with Crippen molar-refractivity contribution in [3.05, 3.63) is 95.6 Å². The van der Waals surface area contributed by atoms with Gasteiger partial charge in [-0.25, -0.2) is 4.39 Å². The smallest absolute Gasteiger partial charge is 0.309 e. The normalized spacial score (nSPS) is 14.0. The lowest BCUT2D eigenvalue weighted by molar-refractivity contribution is -0.151. The Bertz CT molecular complexity index is 1060. The molecule has 6 nitrogen and oxygen atoms in total. The Morgan fingerprint density at radius 3 is 2.33 bits per heavy atom. The summed E-state index contributed by atoms with van der Waals surface area (Å²) in [6, 6.07) is 18.6. The van der Waals surface area contributed by atoms with Gasteiger partial charge in [-0.15, -0.1) is 0 Å². The molecule has 7 heteroatoms. The Morgan fingerprint density at radius 1 is 0.939 bits per heavy atom. The van der Waals surface area contributed by atoms with E-state index in [1.807, 2.05) is 42.5 Å². The number of carbonyl (C=O) groups excluding carboxylic acids is 2. The number of rotatable bonds is 7. The van der Waals surface area contributed by atoms with Crippen molar-refractivity contribution in [1.29, 1.82) is 0 Å². The number of piperidine rings is 1. The molecule has 1 fully saturated rings. The summed E-state index contributed by atoms with van der Waals surface area (Å²) in [5, 5.41) is 0. The van der Waals surface area contributed by atoms with E-state index in [-0.39, 0.29) is 30.2 Å². The highest BCUT2D eigenvalue weighted by Crippen LogP contribution is 2.22. The average Bonchev–Trinajstić information content (AvgIpc) is 2.87. The summed E-state index contributed by atoms with van der Waals surface area (Å²) >= 11 is 0. The van der Waals surface area contributed by atoms with E-state index < -0.39 is 0 Å². The van der Waals surface area contributed by atoms with Crippen molar-refractivity contribution in [3.8, 4) is 5.75 Å². The number of hydrogen-bond donors (Lipinski definition) is 0. The first kappa shape index (κ1) is 22.5. The largest absolute Gasteiger partial charge is 0.487 e. The minimum Gasteiger partial charge on any atom is -0.487 e. The van der Waals surface area contributed by atoms with E-state index in [0.29, 0.717) is 43.9 Å². The summed E-state index contributed by atoms with van der Waals surface area (Å²) in [5.74, 6) is -0.289. The molecule has 2 heterocycles. The second kappa shape index (κ2) is 10.7. The van der Waals surface area contributed by atoms with E-state index in [0.717, 1.165) is 11.3 Å². The van der Waals surface area contributed by atoms with E-state index in [9.17, 15) is 14.0 Å². The van der Waals surface area contributed by atoms with Gasteiger partial charge in [0.1, 0.15) is 24.8 Å². The summed E-state index contributed by atoms with van der Waals surface area (Å²) in [6.07, 6.45) is 2.82. The molecule has 2 aromatic carbocycles. The fourth-order valence-electron chi connectivity index (χ4n) is 3.69. The molecule has 0 atom stereocenters. The predicted molar refractivity (Wildman–Crippen MR) is 120 cm³/mol. The molecular weight excluding hydrogens is 423 g/mol. The Balaban J connectivity index is 1.20. The molecule has 1 aliphatic rings. The van der Waals surface area contributed by atoms with Crippen LogP contribution >= 0.6 is 0 Å². The highest BCUT2D eigenvalue weighted by molar-refractivity contribution is 5.94. The van der Waals surface area contributed by atoms with Crippen molar-refractivity contribution in [2.75, 3.05) is 13.1 Å².